The molecular weight excluding hydrogens is 492 g/mol. The van der Waals surface area contributed by atoms with Gasteiger partial charge in [0.15, 0.2) is 0 Å². The van der Waals surface area contributed by atoms with Crippen LogP contribution >= 0.6 is 23.4 Å². The number of anilines is 1. The number of thioether (sulfide) groups is 1. The molecule has 0 heterocycles. The van der Waals surface area contributed by atoms with Crippen LogP contribution in [0, 0.1) is 6.92 Å². The van der Waals surface area contributed by atoms with Crippen LogP contribution in [-0.2, 0) is 14.8 Å². The lowest BCUT2D eigenvalue weighted by Crippen LogP contribution is -2.41. The summed E-state index contributed by atoms with van der Waals surface area (Å²) >= 11 is 7.81. The van der Waals surface area contributed by atoms with Crippen LogP contribution in [0.5, 0.6) is 5.75 Å². The quantitative estimate of drug-likeness (QED) is 0.280. The second-order valence-electron chi connectivity index (χ2n) is 7.53. The van der Waals surface area contributed by atoms with Crippen molar-refractivity contribution in [3.8, 4) is 5.75 Å². The van der Waals surface area contributed by atoms with Gasteiger partial charge in [0.1, 0.15) is 12.3 Å². The Morgan fingerprint density at radius 3 is 2.41 bits per heavy atom. The van der Waals surface area contributed by atoms with Gasteiger partial charge in [0, 0.05) is 16.5 Å². The number of halogens is 1. The molecule has 34 heavy (non-hydrogen) atoms. The van der Waals surface area contributed by atoms with Crippen molar-refractivity contribution >= 4 is 45.0 Å². The molecule has 3 rings (SSSR count). The van der Waals surface area contributed by atoms with Crippen LogP contribution in [-0.4, -0.2) is 40.3 Å². The number of carbonyl (C=O) groups is 1. The molecule has 0 aromatic heterocycles. The summed E-state index contributed by atoms with van der Waals surface area (Å²) in [6, 6.07) is 20.7. The molecule has 0 saturated carbocycles. The van der Waals surface area contributed by atoms with E-state index in [1.807, 2.05) is 6.92 Å². The highest BCUT2D eigenvalue weighted by molar-refractivity contribution is 7.99. The molecule has 0 atom stereocenters. The highest BCUT2D eigenvalue weighted by Gasteiger charge is 2.27. The fraction of sp³-hybridized carbons (Fsp3) is 0.240. The monoisotopic (exact) mass is 518 g/mol. The van der Waals surface area contributed by atoms with Gasteiger partial charge >= 0.3 is 0 Å². The van der Waals surface area contributed by atoms with E-state index in [2.05, 4.69) is 29.6 Å². The normalized spacial score (nSPS) is 11.1. The summed E-state index contributed by atoms with van der Waals surface area (Å²) < 4.78 is 33.0. The molecule has 3 aromatic rings. The van der Waals surface area contributed by atoms with Gasteiger partial charge in [-0.15, -0.1) is 11.8 Å². The Morgan fingerprint density at radius 1 is 1.06 bits per heavy atom. The molecule has 180 valence electrons. The van der Waals surface area contributed by atoms with E-state index in [1.165, 1.54) is 35.8 Å². The summed E-state index contributed by atoms with van der Waals surface area (Å²) in [4.78, 5) is 13.9. The van der Waals surface area contributed by atoms with E-state index in [9.17, 15) is 13.2 Å². The molecule has 0 saturated heterocycles. The number of amides is 1. The summed E-state index contributed by atoms with van der Waals surface area (Å²) in [5, 5.41) is 3.20. The predicted octanol–water partition coefficient (Wildman–Crippen LogP) is 5.15. The second-order valence-corrected chi connectivity index (χ2v) is 11.0. The maximum Gasteiger partial charge on any atom is 0.264 e. The Labute approximate surface area is 210 Å². The van der Waals surface area contributed by atoms with Gasteiger partial charge in [0.25, 0.3) is 10.0 Å². The maximum absolute atomic E-state index is 13.4. The third-order valence-corrected chi connectivity index (χ3v) is 8.09. The number of hydrogen-bond donors (Lipinski definition) is 1. The molecule has 0 spiro atoms. The Hall–Kier alpha value is -2.68. The fourth-order valence-electron chi connectivity index (χ4n) is 3.13. The van der Waals surface area contributed by atoms with Crippen molar-refractivity contribution < 1.29 is 17.9 Å². The molecule has 1 amide bonds. The van der Waals surface area contributed by atoms with Crippen molar-refractivity contribution in [3.63, 3.8) is 0 Å². The minimum atomic E-state index is -4.01. The zero-order valence-corrected chi connectivity index (χ0v) is 21.4. The Bertz CT molecular complexity index is 1200. The minimum Gasteiger partial charge on any atom is -0.497 e. The van der Waals surface area contributed by atoms with Crippen LogP contribution in [0.1, 0.15) is 12.0 Å². The van der Waals surface area contributed by atoms with E-state index in [4.69, 9.17) is 16.3 Å². The molecule has 0 aliphatic carbocycles. The van der Waals surface area contributed by atoms with E-state index < -0.39 is 15.9 Å². The lowest BCUT2D eigenvalue weighted by molar-refractivity contribution is -0.119. The van der Waals surface area contributed by atoms with E-state index in [0.717, 1.165) is 16.5 Å². The van der Waals surface area contributed by atoms with E-state index in [1.54, 1.807) is 42.1 Å². The van der Waals surface area contributed by atoms with Crippen LogP contribution in [0.25, 0.3) is 0 Å². The van der Waals surface area contributed by atoms with Gasteiger partial charge in [-0.2, -0.15) is 0 Å². The highest BCUT2D eigenvalue weighted by Crippen LogP contribution is 2.27. The maximum atomic E-state index is 13.4. The number of aryl methyl sites for hydroxylation is 1. The molecule has 0 aliphatic heterocycles. The van der Waals surface area contributed by atoms with E-state index in [0.29, 0.717) is 23.0 Å². The first-order valence-electron chi connectivity index (χ1n) is 10.7. The number of nitrogens with one attached hydrogen (secondary N) is 1. The van der Waals surface area contributed by atoms with Crippen LogP contribution in [0.4, 0.5) is 5.69 Å². The van der Waals surface area contributed by atoms with E-state index in [-0.39, 0.29) is 11.4 Å². The Morgan fingerprint density at radius 2 is 1.76 bits per heavy atom. The molecular formula is C25H27ClN2O4S2. The number of nitrogens with zero attached hydrogens (tertiary/aromatic N) is 1. The molecule has 0 bridgehead atoms. The summed E-state index contributed by atoms with van der Waals surface area (Å²) in [7, 11) is -2.51. The summed E-state index contributed by atoms with van der Waals surface area (Å²) in [5.74, 6) is 0.984. The van der Waals surface area contributed by atoms with Gasteiger partial charge in [-0.25, -0.2) is 8.42 Å². The molecule has 0 aliphatic rings. The third kappa shape index (κ3) is 7.16. The SMILES string of the molecule is COc1ccc(S(=O)(=O)N(CC(=O)NCCCSc2ccc(C)cc2)c2cccc(Cl)c2)cc1. The van der Waals surface area contributed by atoms with Crippen LogP contribution in [0.15, 0.2) is 82.6 Å². The highest BCUT2D eigenvalue weighted by atomic mass is 35.5. The molecule has 0 unspecified atom stereocenters. The third-order valence-electron chi connectivity index (χ3n) is 4.96. The lowest BCUT2D eigenvalue weighted by Gasteiger charge is -2.24. The topological polar surface area (TPSA) is 75.7 Å². The summed E-state index contributed by atoms with van der Waals surface area (Å²) in [6.07, 6.45) is 0.757. The fourth-order valence-corrected chi connectivity index (χ4v) is 5.58. The first kappa shape index (κ1) is 25.9. The van der Waals surface area contributed by atoms with Crippen molar-refractivity contribution in [3.05, 3.63) is 83.4 Å². The van der Waals surface area contributed by atoms with Crippen molar-refractivity contribution in [2.45, 2.75) is 23.1 Å². The standard InChI is InChI=1S/C25H27ClN2O4S2/c1-19-7-11-23(12-8-19)33-16-4-15-27-25(29)18-28(21-6-3-5-20(26)17-21)34(30,31)24-13-9-22(32-2)10-14-24/h3,5-14,17H,4,15-16,18H2,1-2H3,(H,27,29). The average molecular weight is 519 g/mol. The zero-order chi connectivity index (χ0) is 24.6. The second kappa shape index (κ2) is 12.1. The van der Waals surface area contributed by atoms with Crippen LogP contribution in [0.3, 0.4) is 0 Å². The number of carbonyl (C=O) groups excluding carboxylic acids is 1. The van der Waals surface area contributed by atoms with Crippen molar-refractivity contribution in [2.24, 2.45) is 0 Å². The van der Waals surface area contributed by atoms with Gasteiger partial charge in [-0.1, -0.05) is 35.4 Å². The number of sulfonamides is 1. The lowest BCUT2D eigenvalue weighted by atomic mass is 10.2. The van der Waals surface area contributed by atoms with Crippen molar-refractivity contribution in [1.29, 1.82) is 0 Å². The smallest absolute Gasteiger partial charge is 0.264 e. The number of rotatable bonds is 11. The summed E-state index contributed by atoms with van der Waals surface area (Å²) in [5.41, 5.74) is 1.53. The average Bonchev–Trinajstić information content (AvgIpc) is 2.83. The minimum absolute atomic E-state index is 0.0515. The number of hydrogen-bond acceptors (Lipinski definition) is 5. The van der Waals surface area contributed by atoms with Crippen LogP contribution < -0.4 is 14.4 Å². The van der Waals surface area contributed by atoms with Crippen LogP contribution in [0.2, 0.25) is 5.02 Å². The van der Waals surface area contributed by atoms with Gasteiger partial charge in [-0.05, 0) is 73.7 Å². The van der Waals surface area contributed by atoms with E-state index >= 15 is 0 Å². The zero-order valence-electron chi connectivity index (χ0n) is 19.0. The first-order valence-corrected chi connectivity index (χ1v) is 13.5. The summed E-state index contributed by atoms with van der Waals surface area (Å²) in [6.45, 7) is 2.13. The molecule has 0 radical (unpaired) electrons. The van der Waals surface area contributed by atoms with Gasteiger partial charge in [0.2, 0.25) is 5.91 Å². The number of methoxy groups -OCH3 is 1. The van der Waals surface area contributed by atoms with Gasteiger partial charge in [0.05, 0.1) is 17.7 Å². The Balaban J connectivity index is 1.65. The molecule has 1 N–H and O–H groups in total. The number of benzene rings is 3. The Kier molecular flexibility index (Phi) is 9.27. The molecule has 3 aromatic carbocycles. The number of ether oxygens (including phenoxy) is 1. The van der Waals surface area contributed by atoms with Crippen molar-refractivity contribution in [1.82, 2.24) is 5.32 Å². The molecule has 0 fully saturated rings. The van der Waals surface area contributed by atoms with Gasteiger partial charge in [-0.3, -0.25) is 9.10 Å². The first-order chi connectivity index (χ1) is 16.3. The van der Waals surface area contributed by atoms with Crippen molar-refractivity contribution in [2.75, 3.05) is 30.3 Å². The van der Waals surface area contributed by atoms with Gasteiger partial charge < -0.3 is 10.1 Å². The molecule has 6 nitrogen and oxygen atoms in total. The molecule has 9 heteroatoms. The predicted molar refractivity (Wildman–Crippen MR) is 139 cm³/mol. The largest absolute Gasteiger partial charge is 0.497 e.